The van der Waals surface area contributed by atoms with Gasteiger partial charge < -0.3 is 10.6 Å². The lowest BCUT2D eigenvalue weighted by Gasteiger charge is -2.11. The molecule has 2 N–H and O–H groups in total. The number of benzene rings is 1. The molecule has 2 aromatic heterocycles. The summed E-state index contributed by atoms with van der Waals surface area (Å²) < 4.78 is 15.1. The van der Waals surface area contributed by atoms with Crippen LogP contribution in [-0.4, -0.2) is 34.2 Å². The maximum Gasteiger partial charge on any atom is 0.191 e. The number of rotatable bonds is 5. The predicted molar refractivity (Wildman–Crippen MR) is 107 cm³/mol. The average molecular weight is 454 g/mol. The van der Waals surface area contributed by atoms with Gasteiger partial charge in [0.25, 0.3) is 0 Å². The molecule has 3 rings (SSSR count). The second-order valence-electron chi connectivity index (χ2n) is 5.28. The van der Waals surface area contributed by atoms with E-state index in [4.69, 9.17) is 0 Å². The van der Waals surface area contributed by atoms with Gasteiger partial charge in [-0.15, -0.1) is 34.2 Å². The molecule has 0 atom stereocenters. The van der Waals surface area contributed by atoms with Crippen LogP contribution >= 0.6 is 24.0 Å². The molecule has 0 spiro atoms. The number of pyridine rings is 1. The summed E-state index contributed by atoms with van der Waals surface area (Å²) in [7, 11) is 1.70. The van der Waals surface area contributed by atoms with Gasteiger partial charge in [0.05, 0.1) is 0 Å². The Hall–Kier alpha value is -2.23. The standard InChI is InChI=1S/C17H19FN6.HI/c1-19-17(21-12-13-5-4-6-14(18)11-13)20-9-8-16-23-22-15-7-2-3-10-24(15)16;/h2-7,10-11H,8-9,12H2,1H3,(H2,19,20,21);1H. The number of guanidine groups is 1. The molecule has 0 bridgehead atoms. The molecule has 0 aliphatic carbocycles. The smallest absolute Gasteiger partial charge is 0.191 e. The topological polar surface area (TPSA) is 66.6 Å². The fourth-order valence-corrected chi connectivity index (χ4v) is 2.41. The van der Waals surface area contributed by atoms with Gasteiger partial charge >= 0.3 is 0 Å². The number of nitrogens with zero attached hydrogens (tertiary/aromatic N) is 4. The molecule has 0 fully saturated rings. The normalized spacial score (nSPS) is 11.2. The number of fused-ring (bicyclic) bond motifs is 1. The van der Waals surface area contributed by atoms with Gasteiger partial charge in [-0.2, -0.15) is 0 Å². The Balaban J connectivity index is 0.00000225. The van der Waals surface area contributed by atoms with E-state index in [-0.39, 0.29) is 29.8 Å². The maximum absolute atomic E-state index is 13.2. The van der Waals surface area contributed by atoms with Crippen LogP contribution in [0.3, 0.4) is 0 Å². The molecule has 132 valence electrons. The van der Waals surface area contributed by atoms with Crippen LogP contribution in [0.25, 0.3) is 5.65 Å². The largest absolute Gasteiger partial charge is 0.356 e. The number of nitrogens with one attached hydrogen (secondary N) is 2. The van der Waals surface area contributed by atoms with Gasteiger partial charge in [-0.25, -0.2) is 4.39 Å². The van der Waals surface area contributed by atoms with Crippen molar-refractivity contribution >= 4 is 35.6 Å². The van der Waals surface area contributed by atoms with Crippen molar-refractivity contribution in [2.24, 2.45) is 4.99 Å². The summed E-state index contributed by atoms with van der Waals surface area (Å²) in [6.07, 6.45) is 2.66. The Labute approximate surface area is 162 Å². The molecule has 2 heterocycles. The third-order valence-corrected chi connectivity index (χ3v) is 3.60. The summed E-state index contributed by atoms with van der Waals surface area (Å²) in [5.74, 6) is 1.31. The Morgan fingerprint density at radius 1 is 1.16 bits per heavy atom. The minimum absolute atomic E-state index is 0. The summed E-state index contributed by atoms with van der Waals surface area (Å²) in [5, 5.41) is 14.7. The van der Waals surface area contributed by atoms with Gasteiger partial charge in [0.15, 0.2) is 11.6 Å². The highest BCUT2D eigenvalue weighted by Crippen LogP contribution is 2.04. The van der Waals surface area contributed by atoms with Crippen LogP contribution in [0.1, 0.15) is 11.4 Å². The van der Waals surface area contributed by atoms with Gasteiger partial charge in [-0.3, -0.25) is 9.39 Å². The van der Waals surface area contributed by atoms with Gasteiger partial charge in [-0.1, -0.05) is 18.2 Å². The molecule has 1 aromatic carbocycles. The zero-order chi connectivity index (χ0) is 16.8. The molecule has 0 aliphatic heterocycles. The Bertz CT molecular complexity index is 848. The molecule has 0 amide bonds. The molecule has 6 nitrogen and oxygen atoms in total. The van der Waals surface area contributed by atoms with Gasteiger partial charge in [-0.05, 0) is 29.8 Å². The number of aromatic nitrogens is 3. The molecule has 0 saturated carbocycles. The fraction of sp³-hybridized carbons (Fsp3) is 0.235. The van der Waals surface area contributed by atoms with Crippen molar-refractivity contribution < 1.29 is 4.39 Å². The lowest BCUT2D eigenvalue weighted by Crippen LogP contribution is -2.38. The minimum atomic E-state index is -0.240. The number of aliphatic imine (C=N–C) groups is 1. The quantitative estimate of drug-likeness (QED) is 0.353. The minimum Gasteiger partial charge on any atom is -0.356 e. The van der Waals surface area contributed by atoms with Crippen LogP contribution in [-0.2, 0) is 13.0 Å². The number of halogens is 2. The first-order valence-electron chi connectivity index (χ1n) is 7.74. The van der Waals surface area contributed by atoms with E-state index >= 15 is 0 Å². The van der Waals surface area contributed by atoms with Crippen LogP contribution in [0.2, 0.25) is 0 Å². The second-order valence-corrected chi connectivity index (χ2v) is 5.28. The molecule has 0 radical (unpaired) electrons. The molecule has 25 heavy (non-hydrogen) atoms. The number of hydrogen-bond donors (Lipinski definition) is 2. The molecule has 0 saturated heterocycles. The molecular weight excluding hydrogens is 434 g/mol. The number of hydrogen-bond acceptors (Lipinski definition) is 3. The van der Waals surface area contributed by atoms with Gasteiger partial charge in [0.1, 0.15) is 11.6 Å². The van der Waals surface area contributed by atoms with E-state index in [9.17, 15) is 4.39 Å². The zero-order valence-corrected chi connectivity index (χ0v) is 16.1. The van der Waals surface area contributed by atoms with Gasteiger partial charge in [0.2, 0.25) is 0 Å². The lowest BCUT2D eigenvalue weighted by atomic mass is 10.2. The average Bonchev–Trinajstić information content (AvgIpc) is 3.01. The summed E-state index contributed by atoms with van der Waals surface area (Å²) in [5.41, 5.74) is 1.70. The van der Waals surface area contributed by atoms with Gasteiger partial charge in [0, 0.05) is 32.8 Å². The first kappa shape index (κ1) is 19.1. The van der Waals surface area contributed by atoms with Crippen LogP contribution in [0, 0.1) is 5.82 Å². The highest BCUT2D eigenvalue weighted by molar-refractivity contribution is 14.0. The van der Waals surface area contributed by atoms with E-state index in [0.29, 0.717) is 25.5 Å². The molecule has 0 aliphatic rings. The SMILES string of the molecule is CN=C(NCCc1nnc2ccccn12)NCc1cccc(F)c1.I. The van der Waals surface area contributed by atoms with Crippen LogP contribution in [0.5, 0.6) is 0 Å². The van der Waals surface area contributed by atoms with Crippen molar-refractivity contribution in [2.75, 3.05) is 13.6 Å². The van der Waals surface area contributed by atoms with Crippen molar-refractivity contribution in [1.29, 1.82) is 0 Å². The van der Waals surface area contributed by atoms with E-state index in [1.807, 2.05) is 34.9 Å². The third kappa shape index (κ3) is 5.12. The highest BCUT2D eigenvalue weighted by atomic mass is 127. The highest BCUT2D eigenvalue weighted by Gasteiger charge is 2.05. The molecule has 0 unspecified atom stereocenters. The maximum atomic E-state index is 13.2. The Morgan fingerprint density at radius 3 is 2.84 bits per heavy atom. The zero-order valence-electron chi connectivity index (χ0n) is 13.8. The fourth-order valence-electron chi connectivity index (χ4n) is 2.41. The first-order valence-corrected chi connectivity index (χ1v) is 7.74. The Kier molecular flexibility index (Phi) is 7.11. The second kappa shape index (κ2) is 9.30. The van der Waals surface area contributed by atoms with Crippen molar-refractivity contribution in [2.45, 2.75) is 13.0 Å². The summed E-state index contributed by atoms with van der Waals surface area (Å²) in [6.45, 7) is 1.17. The molecule has 8 heteroatoms. The lowest BCUT2D eigenvalue weighted by molar-refractivity contribution is 0.624. The van der Waals surface area contributed by atoms with Crippen LogP contribution in [0.15, 0.2) is 53.7 Å². The summed E-state index contributed by atoms with van der Waals surface area (Å²) >= 11 is 0. The molecular formula is C17H20FIN6. The third-order valence-electron chi connectivity index (χ3n) is 3.60. The summed E-state index contributed by atoms with van der Waals surface area (Å²) in [6, 6.07) is 12.3. The van der Waals surface area contributed by atoms with E-state index in [1.165, 1.54) is 12.1 Å². The monoisotopic (exact) mass is 454 g/mol. The van der Waals surface area contributed by atoms with E-state index in [0.717, 1.165) is 17.0 Å². The van der Waals surface area contributed by atoms with Crippen LogP contribution < -0.4 is 10.6 Å². The van der Waals surface area contributed by atoms with Crippen molar-refractivity contribution in [3.63, 3.8) is 0 Å². The van der Waals surface area contributed by atoms with Crippen LogP contribution in [0.4, 0.5) is 4.39 Å². The van der Waals surface area contributed by atoms with Crippen molar-refractivity contribution in [1.82, 2.24) is 25.2 Å². The van der Waals surface area contributed by atoms with E-state index < -0.39 is 0 Å². The Morgan fingerprint density at radius 2 is 2.04 bits per heavy atom. The van der Waals surface area contributed by atoms with E-state index in [2.05, 4.69) is 25.8 Å². The predicted octanol–water partition coefficient (Wildman–Crippen LogP) is 2.39. The van der Waals surface area contributed by atoms with Crippen molar-refractivity contribution in [3.05, 3.63) is 65.9 Å². The summed E-state index contributed by atoms with van der Waals surface area (Å²) in [4.78, 5) is 4.16. The first-order chi connectivity index (χ1) is 11.8. The van der Waals surface area contributed by atoms with E-state index in [1.54, 1.807) is 13.1 Å². The van der Waals surface area contributed by atoms with Crippen molar-refractivity contribution in [3.8, 4) is 0 Å². The molecule has 3 aromatic rings.